The van der Waals surface area contributed by atoms with Gasteiger partial charge in [-0.3, -0.25) is 0 Å². The van der Waals surface area contributed by atoms with Gasteiger partial charge in [-0.2, -0.15) is 0 Å². The third-order valence-corrected chi connectivity index (χ3v) is 6.10. The Morgan fingerprint density at radius 3 is 0.750 bits per heavy atom. The van der Waals surface area contributed by atoms with E-state index >= 15 is 0 Å². The Morgan fingerprint density at radius 1 is 0.375 bits per heavy atom. The topological polar surface area (TPSA) is 0 Å². The van der Waals surface area contributed by atoms with Crippen LogP contribution >= 0.6 is 0 Å². The quantitative estimate of drug-likeness (QED) is 0.327. The van der Waals surface area contributed by atoms with Crippen molar-refractivity contribution >= 4 is 23.0 Å². The van der Waals surface area contributed by atoms with E-state index in [1.54, 1.807) is 0 Å². The van der Waals surface area contributed by atoms with Crippen LogP contribution in [0.25, 0.3) is 0 Å². The van der Waals surface area contributed by atoms with Gasteiger partial charge in [-0.25, -0.2) is 43.9 Å². The molecule has 128 valence electrons. The first-order valence-electron chi connectivity index (χ1n) is 6.04. The summed E-state index contributed by atoms with van der Waals surface area (Å²) in [7, 11) is 0. The molecule has 0 N–H and O–H groups in total. The summed E-state index contributed by atoms with van der Waals surface area (Å²) in [4.78, 5) is 0. The molecule has 0 aliphatic rings. The smallest absolute Gasteiger partial charge is 0.205 e. The molecule has 0 saturated heterocycles. The maximum absolute atomic E-state index is 13.7. The minimum Gasteiger partial charge on any atom is -0.205 e. The van der Waals surface area contributed by atoms with Crippen molar-refractivity contribution in [3.05, 3.63) is 58.2 Å². The molecule has 0 aliphatic carbocycles. The fourth-order valence-electron chi connectivity index (χ4n) is 2.15. The van der Waals surface area contributed by atoms with Gasteiger partial charge in [0, 0.05) is 0 Å². The van der Waals surface area contributed by atoms with E-state index in [1.165, 1.54) is 0 Å². The molecule has 0 radical (unpaired) electrons. The summed E-state index contributed by atoms with van der Waals surface area (Å²) in [5.74, 6) is -23.4. The highest BCUT2D eigenvalue weighted by Crippen LogP contribution is 2.20. The van der Waals surface area contributed by atoms with Crippen LogP contribution < -0.4 is 8.85 Å². The molecular formula is C13H3AlF10. The van der Waals surface area contributed by atoms with Gasteiger partial charge in [-0.15, -0.1) is 0 Å². The van der Waals surface area contributed by atoms with Crippen LogP contribution in [0.1, 0.15) is 0 Å². The molecule has 0 saturated carbocycles. The van der Waals surface area contributed by atoms with Gasteiger partial charge in [0.05, 0.1) is 0 Å². The highest BCUT2D eigenvalue weighted by atomic mass is 27.2. The molecule has 0 unspecified atom stereocenters. The summed E-state index contributed by atoms with van der Waals surface area (Å²) >= 11 is -4.02. The molecule has 0 atom stereocenters. The van der Waals surface area contributed by atoms with E-state index in [-0.39, 0.29) is 0 Å². The largest absolute Gasteiger partial charge is 0.362 e. The first kappa shape index (κ1) is 18.6. The van der Waals surface area contributed by atoms with E-state index in [9.17, 15) is 43.9 Å². The molecule has 0 heterocycles. The monoisotopic (exact) mass is 376 g/mol. The SMILES string of the molecule is [CH3][Al]([c]1c(F)c(F)c(F)c(F)c1F)[c]1c(F)c(F)c(F)c(F)c1F. The van der Waals surface area contributed by atoms with E-state index in [1.807, 2.05) is 0 Å². The molecule has 0 bridgehead atoms. The molecule has 0 nitrogen and oxygen atoms in total. The zero-order chi connectivity index (χ0) is 18.5. The average Bonchev–Trinajstić information content (AvgIpc) is 2.55. The third-order valence-electron chi connectivity index (χ3n) is 3.35. The maximum atomic E-state index is 13.7. The first-order chi connectivity index (χ1) is 11.0. The molecule has 24 heavy (non-hydrogen) atoms. The van der Waals surface area contributed by atoms with Crippen LogP contribution in [0.5, 0.6) is 0 Å². The second-order valence-electron chi connectivity index (χ2n) is 4.69. The minimum absolute atomic E-state index is 0.663. The fourth-order valence-corrected chi connectivity index (χ4v) is 4.46. The van der Waals surface area contributed by atoms with Gasteiger partial charge in [-0.05, 0) is 8.85 Å². The molecule has 2 rings (SSSR count). The predicted molar refractivity (Wildman–Crippen MR) is 63.3 cm³/mol. The zero-order valence-electron chi connectivity index (χ0n) is 11.4. The van der Waals surface area contributed by atoms with Crippen LogP contribution in [0.2, 0.25) is 5.79 Å². The summed E-state index contributed by atoms with van der Waals surface area (Å²) in [6.45, 7) is 0. The standard InChI is InChI=1S/2C6F5.CH3.Al/c2*7-2-1-3(8)5(10)6(11)4(2)9;;/h;;1H3;. The molecule has 0 spiro atoms. The lowest BCUT2D eigenvalue weighted by Gasteiger charge is -2.15. The maximum Gasteiger partial charge on any atom is 0.362 e. The van der Waals surface area contributed by atoms with Crippen LogP contribution in [0.4, 0.5) is 43.9 Å². The summed E-state index contributed by atoms with van der Waals surface area (Å²) in [5.41, 5.74) is 0. The molecule has 0 aromatic heterocycles. The van der Waals surface area contributed by atoms with Gasteiger partial charge in [-0.1, -0.05) is 5.79 Å². The van der Waals surface area contributed by atoms with E-state index in [4.69, 9.17) is 0 Å². The summed E-state index contributed by atoms with van der Waals surface area (Å²) in [5, 5.41) is 0. The molecule has 2 aromatic rings. The molecule has 0 fully saturated rings. The number of rotatable bonds is 2. The summed E-state index contributed by atoms with van der Waals surface area (Å²) in [6, 6.07) is 0. The number of halogens is 10. The van der Waals surface area contributed by atoms with Crippen LogP contribution in [0.15, 0.2) is 0 Å². The lowest BCUT2D eigenvalue weighted by molar-refractivity contribution is 0.382. The molecule has 11 heteroatoms. The van der Waals surface area contributed by atoms with E-state index in [2.05, 4.69) is 0 Å². The molecule has 0 aliphatic heterocycles. The molecular weight excluding hydrogens is 373 g/mol. The lowest BCUT2D eigenvalue weighted by Crippen LogP contribution is -2.48. The summed E-state index contributed by atoms with van der Waals surface area (Å²) < 4.78 is 130. The minimum atomic E-state index is -4.02. The highest BCUT2D eigenvalue weighted by Gasteiger charge is 2.38. The highest BCUT2D eigenvalue weighted by molar-refractivity contribution is 6.84. The van der Waals surface area contributed by atoms with Crippen molar-refractivity contribution in [1.29, 1.82) is 0 Å². The van der Waals surface area contributed by atoms with Crippen molar-refractivity contribution in [2.45, 2.75) is 5.79 Å². The van der Waals surface area contributed by atoms with Gasteiger partial charge >= 0.3 is 14.1 Å². The number of hydrogen-bond donors (Lipinski definition) is 0. The molecule has 0 amide bonds. The normalized spacial score (nSPS) is 11.1. The average molecular weight is 376 g/mol. The van der Waals surface area contributed by atoms with Gasteiger partial charge in [0.2, 0.25) is 0 Å². The zero-order valence-corrected chi connectivity index (χ0v) is 12.5. The van der Waals surface area contributed by atoms with E-state index in [0.29, 0.717) is 5.79 Å². The Balaban J connectivity index is 2.84. The van der Waals surface area contributed by atoms with Crippen LogP contribution in [-0.4, -0.2) is 14.1 Å². The fraction of sp³-hybridized carbons (Fsp3) is 0.0769. The van der Waals surface area contributed by atoms with Crippen LogP contribution in [-0.2, 0) is 0 Å². The molecule has 2 aromatic carbocycles. The lowest BCUT2D eigenvalue weighted by atomic mass is 10.3. The number of hydrogen-bond acceptors (Lipinski definition) is 0. The Kier molecular flexibility index (Phi) is 4.88. The Labute approximate surface area is 131 Å². The number of benzene rings is 2. The third kappa shape index (κ3) is 2.56. The van der Waals surface area contributed by atoms with Crippen molar-refractivity contribution in [2.24, 2.45) is 0 Å². The van der Waals surface area contributed by atoms with Crippen LogP contribution in [0.3, 0.4) is 0 Å². The first-order valence-corrected chi connectivity index (χ1v) is 8.35. The predicted octanol–water partition coefficient (Wildman–Crippen LogP) is 3.32. The Hall–Kier alpha value is -1.73. The summed E-state index contributed by atoms with van der Waals surface area (Å²) in [6.07, 6.45) is 0. The van der Waals surface area contributed by atoms with E-state index < -0.39 is 81.2 Å². The van der Waals surface area contributed by atoms with Crippen molar-refractivity contribution in [2.75, 3.05) is 0 Å². The second-order valence-corrected chi connectivity index (χ2v) is 7.29. The Bertz CT molecular complexity index is 720. The van der Waals surface area contributed by atoms with Gasteiger partial charge in [0.15, 0.2) is 58.2 Å². The van der Waals surface area contributed by atoms with Crippen molar-refractivity contribution < 1.29 is 43.9 Å². The Morgan fingerprint density at radius 2 is 0.542 bits per heavy atom. The van der Waals surface area contributed by atoms with Crippen molar-refractivity contribution in [3.8, 4) is 0 Å². The van der Waals surface area contributed by atoms with Gasteiger partial charge in [0.1, 0.15) is 0 Å². The second kappa shape index (κ2) is 6.29. The van der Waals surface area contributed by atoms with E-state index in [0.717, 1.165) is 0 Å². The van der Waals surface area contributed by atoms with Crippen LogP contribution in [0, 0.1) is 58.2 Å². The van der Waals surface area contributed by atoms with Gasteiger partial charge < -0.3 is 0 Å². The van der Waals surface area contributed by atoms with Crippen molar-refractivity contribution in [1.82, 2.24) is 0 Å². The van der Waals surface area contributed by atoms with Crippen molar-refractivity contribution in [3.63, 3.8) is 0 Å². The van der Waals surface area contributed by atoms with Gasteiger partial charge in [0.25, 0.3) is 0 Å².